The summed E-state index contributed by atoms with van der Waals surface area (Å²) >= 11 is 0. The third-order valence-corrected chi connectivity index (χ3v) is 2.12. The fourth-order valence-corrected chi connectivity index (χ4v) is 1.31. The van der Waals surface area contributed by atoms with Gasteiger partial charge < -0.3 is 11.1 Å². The van der Waals surface area contributed by atoms with Gasteiger partial charge in [0, 0.05) is 5.69 Å². The van der Waals surface area contributed by atoms with Gasteiger partial charge in [-0.3, -0.25) is 4.98 Å². The Morgan fingerprint density at radius 3 is 2.88 bits per heavy atom. The molecule has 0 amide bonds. The van der Waals surface area contributed by atoms with E-state index in [0.29, 0.717) is 17.3 Å². The fraction of sp³-hybridized carbons (Fsp3) is 0.0909. The minimum Gasteiger partial charge on any atom is -0.382 e. The van der Waals surface area contributed by atoms with E-state index in [0.717, 1.165) is 5.56 Å². The molecule has 0 aliphatic rings. The average Bonchev–Trinajstić information content (AvgIpc) is 2.24. The summed E-state index contributed by atoms with van der Waals surface area (Å²) in [7, 11) is 0. The van der Waals surface area contributed by atoms with Gasteiger partial charge in [-0.05, 0) is 24.6 Å². The fourth-order valence-electron chi connectivity index (χ4n) is 1.31. The lowest BCUT2D eigenvalue weighted by atomic mass is 10.2. The zero-order valence-corrected chi connectivity index (χ0v) is 8.74. The van der Waals surface area contributed by atoms with Crippen molar-refractivity contribution in [3.05, 3.63) is 42.0 Å². The Kier molecular flexibility index (Phi) is 2.68. The molecule has 0 atom stereocenters. The molecule has 0 saturated carbocycles. The van der Waals surface area contributed by atoms with Gasteiger partial charge in [0.25, 0.3) is 0 Å². The Morgan fingerprint density at radius 1 is 1.31 bits per heavy atom. The second kappa shape index (κ2) is 4.14. The van der Waals surface area contributed by atoms with Gasteiger partial charge >= 0.3 is 0 Å². The van der Waals surface area contributed by atoms with Gasteiger partial charge in [0.1, 0.15) is 11.6 Å². The quantitative estimate of drug-likeness (QED) is 0.811. The second-order valence-electron chi connectivity index (χ2n) is 3.41. The third kappa shape index (κ3) is 2.25. The number of nitrogens with two attached hydrogens (primary N) is 1. The Labute approximate surface area is 92.3 Å². The summed E-state index contributed by atoms with van der Waals surface area (Å²) < 4.78 is 13.0. The number of aromatic nitrogens is 2. The van der Waals surface area contributed by atoms with Gasteiger partial charge in [-0.25, -0.2) is 9.37 Å². The molecule has 0 spiro atoms. The number of nitrogens with zero attached hydrogens (tertiary/aromatic N) is 2. The van der Waals surface area contributed by atoms with Gasteiger partial charge in [0.05, 0.1) is 12.4 Å². The molecule has 4 nitrogen and oxygen atoms in total. The molecule has 0 bridgehead atoms. The first-order valence-corrected chi connectivity index (χ1v) is 4.76. The van der Waals surface area contributed by atoms with Crippen molar-refractivity contribution < 1.29 is 4.39 Å². The van der Waals surface area contributed by atoms with Gasteiger partial charge in [-0.1, -0.05) is 6.07 Å². The van der Waals surface area contributed by atoms with Crippen LogP contribution < -0.4 is 11.1 Å². The van der Waals surface area contributed by atoms with E-state index in [1.807, 2.05) is 6.92 Å². The molecule has 5 heteroatoms. The zero-order chi connectivity index (χ0) is 11.5. The lowest BCUT2D eigenvalue weighted by molar-refractivity contribution is 0.628. The van der Waals surface area contributed by atoms with Crippen LogP contribution >= 0.6 is 0 Å². The van der Waals surface area contributed by atoms with Crippen molar-refractivity contribution >= 4 is 17.3 Å². The van der Waals surface area contributed by atoms with Crippen LogP contribution in [-0.2, 0) is 0 Å². The molecule has 0 saturated heterocycles. The molecule has 2 rings (SSSR count). The first kappa shape index (κ1) is 10.4. The number of benzene rings is 1. The van der Waals surface area contributed by atoms with Crippen LogP contribution in [0.25, 0.3) is 0 Å². The monoisotopic (exact) mass is 218 g/mol. The van der Waals surface area contributed by atoms with Crippen LogP contribution in [0.15, 0.2) is 30.6 Å². The van der Waals surface area contributed by atoms with Crippen LogP contribution in [0.4, 0.5) is 21.7 Å². The van der Waals surface area contributed by atoms with Crippen LogP contribution in [-0.4, -0.2) is 9.97 Å². The highest BCUT2D eigenvalue weighted by atomic mass is 19.1. The largest absolute Gasteiger partial charge is 0.382 e. The highest BCUT2D eigenvalue weighted by Crippen LogP contribution is 2.20. The van der Waals surface area contributed by atoms with Crippen LogP contribution in [0.2, 0.25) is 0 Å². The predicted octanol–water partition coefficient (Wildman–Crippen LogP) is 2.25. The van der Waals surface area contributed by atoms with E-state index in [1.165, 1.54) is 24.5 Å². The summed E-state index contributed by atoms with van der Waals surface area (Å²) in [5, 5.41) is 2.96. The van der Waals surface area contributed by atoms with E-state index in [4.69, 9.17) is 5.73 Å². The number of rotatable bonds is 2. The van der Waals surface area contributed by atoms with Crippen LogP contribution in [0.1, 0.15) is 5.56 Å². The first-order valence-electron chi connectivity index (χ1n) is 4.76. The molecular formula is C11H11FN4. The van der Waals surface area contributed by atoms with E-state index < -0.39 is 0 Å². The number of nitrogens with one attached hydrogen (secondary N) is 1. The number of hydrogen-bond acceptors (Lipinski definition) is 4. The van der Waals surface area contributed by atoms with Crippen molar-refractivity contribution in [3.63, 3.8) is 0 Å². The normalized spacial score (nSPS) is 10.1. The van der Waals surface area contributed by atoms with E-state index in [-0.39, 0.29) is 5.82 Å². The van der Waals surface area contributed by atoms with E-state index in [9.17, 15) is 4.39 Å². The maximum Gasteiger partial charge on any atom is 0.151 e. The summed E-state index contributed by atoms with van der Waals surface area (Å²) in [6.07, 6.45) is 2.98. The minimum absolute atomic E-state index is 0.301. The van der Waals surface area contributed by atoms with Gasteiger partial charge in [0.15, 0.2) is 5.82 Å². The lowest BCUT2D eigenvalue weighted by Gasteiger charge is -2.08. The van der Waals surface area contributed by atoms with Crippen molar-refractivity contribution in [3.8, 4) is 0 Å². The SMILES string of the molecule is Cc1ccc(F)cc1Nc1cncc(N)n1. The van der Waals surface area contributed by atoms with Gasteiger partial charge in [0.2, 0.25) is 0 Å². The van der Waals surface area contributed by atoms with Crippen molar-refractivity contribution in [2.24, 2.45) is 0 Å². The number of hydrogen-bond donors (Lipinski definition) is 2. The smallest absolute Gasteiger partial charge is 0.151 e. The predicted molar refractivity (Wildman–Crippen MR) is 60.9 cm³/mol. The second-order valence-corrected chi connectivity index (χ2v) is 3.41. The molecule has 1 aromatic heterocycles. The van der Waals surface area contributed by atoms with Crippen LogP contribution in [0, 0.1) is 12.7 Å². The highest BCUT2D eigenvalue weighted by Gasteiger charge is 2.02. The molecule has 0 radical (unpaired) electrons. The number of nitrogen functional groups attached to an aromatic ring is 1. The number of aryl methyl sites for hydroxylation is 1. The molecular weight excluding hydrogens is 207 g/mol. The van der Waals surface area contributed by atoms with Crippen LogP contribution in [0.3, 0.4) is 0 Å². The summed E-state index contributed by atoms with van der Waals surface area (Å²) in [5.74, 6) is 0.512. The Balaban J connectivity index is 2.30. The van der Waals surface area contributed by atoms with Crippen LogP contribution in [0.5, 0.6) is 0 Å². The zero-order valence-electron chi connectivity index (χ0n) is 8.74. The summed E-state index contributed by atoms with van der Waals surface area (Å²) in [6.45, 7) is 1.88. The lowest BCUT2D eigenvalue weighted by Crippen LogP contribution is -1.99. The van der Waals surface area contributed by atoms with Crippen molar-refractivity contribution in [1.29, 1.82) is 0 Å². The van der Waals surface area contributed by atoms with Gasteiger partial charge in [-0.15, -0.1) is 0 Å². The molecule has 0 unspecified atom stereocenters. The van der Waals surface area contributed by atoms with Crippen molar-refractivity contribution in [1.82, 2.24) is 9.97 Å². The third-order valence-electron chi connectivity index (χ3n) is 2.12. The number of anilines is 3. The van der Waals surface area contributed by atoms with Gasteiger partial charge in [-0.2, -0.15) is 0 Å². The molecule has 0 fully saturated rings. The standard InChI is InChI=1S/C11H11FN4/c1-7-2-3-8(12)4-9(7)15-11-6-14-5-10(13)16-11/h2-6H,1H3,(H3,13,15,16). The highest BCUT2D eigenvalue weighted by molar-refractivity contribution is 5.60. The maximum atomic E-state index is 13.0. The number of halogens is 1. The summed E-state index contributed by atoms with van der Waals surface area (Å²) in [6, 6.07) is 4.50. The average molecular weight is 218 g/mol. The Morgan fingerprint density at radius 2 is 2.12 bits per heavy atom. The Bertz CT molecular complexity index is 513. The van der Waals surface area contributed by atoms with E-state index in [1.54, 1.807) is 6.07 Å². The van der Waals surface area contributed by atoms with E-state index >= 15 is 0 Å². The molecule has 82 valence electrons. The van der Waals surface area contributed by atoms with Crippen molar-refractivity contribution in [2.45, 2.75) is 6.92 Å². The molecule has 1 aromatic carbocycles. The maximum absolute atomic E-state index is 13.0. The minimum atomic E-state index is -0.301. The molecule has 0 aliphatic carbocycles. The molecule has 1 heterocycles. The molecule has 3 N–H and O–H groups in total. The topological polar surface area (TPSA) is 63.8 Å². The Hall–Kier alpha value is -2.17. The summed E-state index contributed by atoms with van der Waals surface area (Å²) in [5.41, 5.74) is 7.07. The van der Waals surface area contributed by atoms with Crippen molar-refractivity contribution in [2.75, 3.05) is 11.1 Å². The van der Waals surface area contributed by atoms with E-state index in [2.05, 4.69) is 15.3 Å². The molecule has 0 aliphatic heterocycles. The summed E-state index contributed by atoms with van der Waals surface area (Å²) in [4.78, 5) is 7.91. The first-order chi connectivity index (χ1) is 7.65. The molecule has 16 heavy (non-hydrogen) atoms. The molecule has 2 aromatic rings.